The van der Waals surface area contributed by atoms with Gasteiger partial charge in [-0.1, -0.05) is 18.5 Å². The predicted octanol–water partition coefficient (Wildman–Crippen LogP) is 2.43. The van der Waals surface area contributed by atoms with Crippen LogP contribution in [0.5, 0.6) is 5.75 Å². The van der Waals surface area contributed by atoms with Gasteiger partial charge in [0.15, 0.2) is 0 Å². The molecule has 0 bridgehead atoms. The Labute approximate surface area is 129 Å². The molecule has 1 aliphatic heterocycles. The molecule has 0 spiro atoms. The normalized spacial score (nSPS) is 19.3. The van der Waals surface area contributed by atoms with Crippen LogP contribution < -0.4 is 15.8 Å². The predicted molar refractivity (Wildman–Crippen MR) is 82.8 cm³/mol. The molecule has 1 aromatic carbocycles. The number of benzene rings is 1. The number of halogens is 1. The average Bonchev–Trinajstić information content (AvgIpc) is 2.98. The molecule has 2 rings (SSSR count). The lowest BCUT2D eigenvalue weighted by Gasteiger charge is -2.16. The van der Waals surface area contributed by atoms with Gasteiger partial charge in [0.05, 0.1) is 11.8 Å². The first-order valence-electron chi connectivity index (χ1n) is 7.15. The molecule has 1 heterocycles. The van der Waals surface area contributed by atoms with Gasteiger partial charge in [-0.25, -0.2) is 0 Å². The van der Waals surface area contributed by atoms with Crippen LogP contribution in [0.2, 0.25) is 5.02 Å². The van der Waals surface area contributed by atoms with E-state index in [0.717, 1.165) is 19.4 Å². The minimum absolute atomic E-state index is 0.118. The van der Waals surface area contributed by atoms with Crippen molar-refractivity contribution < 1.29 is 14.3 Å². The standard InChI is InChI=1S/C15H21ClN2O3/c1-10(8-17)15(19)18-13-7-11(16)4-5-14(13)21-9-12-3-2-6-20-12/h4-5,7,10,12H,2-3,6,8-9,17H2,1H3,(H,18,19). The molecule has 21 heavy (non-hydrogen) atoms. The molecule has 5 nitrogen and oxygen atoms in total. The fourth-order valence-electron chi connectivity index (χ4n) is 2.05. The Morgan fingerprint density at radius 2 is 2.43 bits per heavy atom. The Morgan fingerprint density at radius 3 is 3.10 bits per heavy atom. The van der Waals surface area contributed by atoms with Crippen molar-refractivity contribution in [3.05, 3.63) is 23.2 Å². The molecular formula is C15H21ClN2O3. The van der Waals surface area contributed by atoms with Crippen LogP contribution in [0.15, 0.2) is 18.2 Å². The minimum Gasteiger partial charge on any atom is -0.489 e. The van der Waals surface area contributed by atoms with Crippen molar-refractivity contribution >= 4 is 23.2 Å². The smallest absolute Gasteiger partial charge is 0.228 e. The molecule has 0 saturated carbocycles. The van der Waals surface area contributed by atoms with Crippen molar-refractivity contribution in [1.29, 1.82) is 0 Å². The van der Waals surface area contributed by atoms with Crippen molar-refractivity contribution in [3.63, 3.8) is 0 Å². The molecule has 0 aliphatic carbocycles. The molecule has 1 fully saturated rings. The molecule has 0 aromatic heterocycles. The van der Waals surface area contributed by atoms with Gasteiger partial charge in [0.1, 0.15) is 12.4 Å². The second-order valence-corrected chi connectivity index (χ2v) is 5.65. The third-order valence-corrected chi connectivity index (χ3v) is 3.68. The summed E-state index contributed by atoms with van der Waals surface area (Å²) in [5.41, 5.74) is 6.06. The van der Waals surface area contributed by atoms with Gasteiger partial charge in [-0.15, -0.1) is 0 Å². The van der Waals surface area contributed by atoms with Gasteiger partial charge < -0.3 is 20.5 Å². The first-order valence-corrected chi connectivity index (χ1v) is 7.53. The van der Waals surface area contributed by atoms with Crippen LogP contribution in [0.1, 0.15) is 19.8 Å². The lowest BCUT2D eigenvalue weighted by atomic mass is 10.1. The second kappa shape index (κ2) is 7.64. The number of rotatable bonds is 6. The molecular weight excluding hydrogens is 292 g/mol. The number of hydrogen-bond acceptors (Lipinski definition) is 4. The molecule has 1 aliphatic rings. The highest BCUT2D eigenvalue weighted by atomic mass is 35.5. The van der Waals surface area contributed by atoms with E-state index in [9.17, 15) is 4.79 Å². The van der Waals surface area contributed by atoms with E-state index in [2.05, 4.69) is 5.32 Å². The molecule has 2 unspecified atom stereocenters. The summed E-state index contributed by atoms with van der Waals surface area (Å²) < 4.78 is 11.3. The van der Waals surface area contributed by atoms with Gasteiger partial charge in [0, 0.05) is 24.1 Å². The number of nitrogens with one attached hydrogen (secondary N) is 1. The van der Waals surface area contributed by atoms with Crippen LogP contribution in [-0.2, 0) is 9.53 Å². The third kappa shape index (κ3) is 4.59. The molecule has 2 atom stereocenters. The van der Waals surface area contributed by atoms with E-state index >= 15 is 0 Å². The van der Waals surface area contributed by atoms with Gasteiger partial charge in [-0.3, -0.25) is 4.79 Å². The topological polar surface area (TPSA) is 73.6 Å². The van der Waals surface area contributed by atoms with E-state index in [4.69, 9.17) is 26.8 Å². The zero-order valence-corrected chi connectivity index (χ0v) is 12.9. The first-order chi connectivity index (χ1) is 10.1. The van der Waals surface area contributed by atoms with E-state index in [1.165, 1.54) is 0 Å². The van der Waals surface area contributed by atoms with Gasteiger partial charge >= 0.3 is 0 Å². The highest BCUT2D eigenvalue weighted by molar-refractivity contribution is 6.31. The number of nitrogens with two attached hydrogens (primary N) is 1. The van der Waals surface area contributed by atoms with Crippen LogP contribution in [0, 0.1) is 5.92 Å². The fraction of sp³-hybridized carbons (Fsp3) is 0.533. The summed E-state index contributed by atoms with van der Waals surface area (Å²) in [4.78, 5) is 12.0. The van der Waals surface area contributed by atoms with Crippen molar-refractivity contribution in [2.75, 3.05) is 25.1 Å². The first kappa shape index (κ1) is 16.1. The van der Waals surface area contributed by atoms with Gasteiger partial charge in [0.2, 0.25) is 5.91 Å². The number of amides is 1. The Kier molecular flexibility index (Phi) is 5.85. The average molecular weight is 313 g/mol. The number of carbonyl (C=O) groups is 1. The van der Waals surface area contributed by atoms with Gasteiger partial charge in [0.25, 0.3) is 0 Å². The van der Waals surface area contributed by atoms with Crippen LogP contribution in [0.25, 0.3) is 0 Å². The van der Waals surface area contributed by atoms with Crippen LogP contribution >= 0.6 is 11.6 Å². The van der Waals surface area contributed by atoms with E-state index in [0.29, 0.717) is 29.6 Å². The summed E-state index contributed by atoms with van der Waals surface area (Å²) >= 11 is 5.98. The quantitative estimate of drug-likeness (QED) is 0.846. The van der Waals surface area contributed by atoms with Gasteiger partial charge in [-0.2, -0.15) is 0 Å². The summed E-state index contributed by atoms with van der Waals surface area (Å²) in [7, 11) is 0. The van der Waals surface area contributed by atoms with E-state index in [1.807, 2.05) is 0 Å². The van der Waals surface area contributed by atoms with E-state index in [-0.39, 0.29) is 17.9 Å². The summed E-state index contributed by atoms with van der Waals surface area (Å²) in [5.74, 6) is 0.171. The summed E-state index contributed by atoms with van der Waals surface area (Å²) in [5, 5.41) is 3.35. The Morgan fingerprint density at radius 1 is 1.62 bits per heavy atom. The van der Waals surface area contributed by atoms with Crippen molar-refractivity contribution in [1.82, 2.24) is 0 Å². The molecule has 1 saturated heterocycles. The number of carbonyl (C=O) groups excluding carboxylic acids is 1. The number of anilines is 1. The monoisotopic (exact) mass is 312 g/mol. The number of hydrogen-bond donors (Lipinski definition) is 2. The lowest BCUT2D eigenvalue weighted by molar-refractivity contribution is -0.119. The Balaban J connectivity index is 2.03. The maximum atomic E-state index is 12.0. The number of ether oxygens (including phenoxy) is 2. The fourth-order valence-corrected chi connectivity index (χ4v) is 2.22. The summed E-state index contributed by atoms with van der Waals surface area (Å²) in [6, 6.07) is 5.15. The third-order valence-electron chi connectivity index (χ3n) is 3.45. The van der Waals surface area contributed by atoms with Crippen LogP contribution in [-0.4, -0.2) is 31.8 Å². The molecule has 3 N–H and O–H groups in total. The minimum atomic E-state index is -0.269. The van der Waals surface area contributed by atoms with Crippen molar-refractivity contribution in [2.24, 2.45) is 11.7 Å². The Hall–Kier alpha value is -1.30. The molecule has 1 aromatic rings. The maximum Gasteiger partial charge on any atom is 0.228 e. The van der Waals surface area contributed by atoms with Crippen LogP contribution in [0.4, 0.5) is 5.69 Å². The largest absolute Gasteiger partial charge is 0.489 e. The van der Waals surface area contributed by atoms with Crippen LogP contribution in [0.3, 0.4) is 0 Å². The maximum absolute atomic E-state index is 12.0. The second-order valence-electron chi connectivity index (χ2n) is 5.21. The lowest BCUT2D eigenvalue weighted by Crippen LogP contribution is -2.27. The van der Waals surface area contributed by atoms with Gasteiger partial charge in [-0.05, 0) is 31.0 Å². The zero-order chi connectivity index (χ0) is 15.2. The Bertz CT molecular complexity index is 490. The highest BCUT2D eigenvalue weighted by Gasteiger charge is 2.18. The van der Waals surface area contributed by atoms with Crippen molar-refractivity contribution in [2.45, 2.75) is 25.9 Å². The highest BCUT2D eigenvalue weighted by Crippen LogP contribution is 2.29. The van der Waals surface area contributed by atoms with E-state index in [1.54, 1.807) is 25.1 Å². The van der Waals surface area contributed by atoms with E-state index < -0.39 is 0 Å². The molecule has 116 valence electrons. The molecule has 6 heteroatoms. The summed E-state index contributed by atoms with van der Waals surface area (Å²) in [6.45, 7) is 3.31. The zero-order valence-electron chi connectivity index (χ0n) is 12.1. The SMILES string of the molecule is CC(CN)C(=O)Nc1cc(Cl)ccc1OCC1CCCO1. The molecule has 1 amide bonds. The molecule has 0 radical (unpaired) electrons. The summed E-state index contributed by atoms with van der Waals surface area (Å²) in [6.07, 6.45) is 2.18. The van der Waals surface area contributed by atoms with Crippen molar-refractivity contribution in [3.8, 4) is 5.75 Å².